The first kappa shape index (κ1) is 16.4. The Morgan fingerprint density at radius 1 is 0.923 bits per heavy atom. The van der Waals surface area contributed by atoms with Crippen molar-refractivity contribution in [2.75, 3.05) is 0 Å². The number of hydrogen-bond donors (Lipinski definition) is 2. The molecule has 4 heteroatoms. The molecular weight excluding hydrogens is 324 g/mol. The van der Waals surface area contributed by atoms with E-state index in [0.717, 1.165) is 22.3 Å². The van der Waals surface area contributed by atoms with Crippen molar-refractivity contribution in [1.82, 2.24) is 4.57 Å². The molecule has 0 fully saturated rings. The molecular formula is C22H20N2O2. The Morgan fingerprint density at radius 2 is 1.42 bits per heavy atom. The van der Waals surface area contributed by atoms with Gasteiger partial charge in [-0.3, -0.25) is 4.79 Å². The van der Waals surface area contributed by atoms with E-state index >= 15 is 0 Å². The van der Waals surface area contributed by atoms with Crippen LogP contribution in [0.4, 0.5) is 0 Å². The molecule has 1 atom stereocenters. The molecule has 3 N–H and O–H groups in total. The normalized spacial score (nSPS) is 13.8. The van der Waals surface area contributed by atoms with Gasteiger partial charge in [0.05, 0.1) is 11.0 Å². The van der Waals surface area contributed by atoms with Crippen LogP contribution >= 0.6 is 0 Å². The topological polar surface area (TPSA) is 68.2 Å². The number of carboxylic acids is 1. The van der Waals surface area contributed by atoms with Gasteiger partial charge in [-0.15, -0.1) is 0 Å². The largest absolute Gasteiger partial charge is 0.480 e. The standard InChI is InChI=1S/C22H20N2O2/c1-22(23,21(25)26)14-15-10-12-16(13-11-15)24-19-8-4-2-6-17(19)18-7-3-5-9-20(18)24/h2-13H,14,23H2,1H3,(H,25,26)/t22-/m0/s1. The minimum atomic E-state index is -1.27. The van der Waals surface area contributed by atoms with E-state index < -0.39 is 11.5 Å². The molecule has 130 valence electrons. The molecule has 4 rings (SSSR count). The van der Waals surface area contributed by atoms with Gasteiger partial charge in [0.1, 0.15) is 5.54 Å². The van der Waals surface area contributed by atoms with Gasteiger partial charge in [0.15, 0.2) is 0 Å². The molecule has 0 saturated heterocycles. The second-order valence-corrected chi connectivity index (χ2v) is 6.94. The van der Waals surface area contributed by atoms with Crippen molar-refractivity contribution in [3.05, 3.63) is 78.4 Å². The SMILES string of the molecule is C[C@](N)(Cc1ccc(-n2c3ccccc3c3ccccc32)cc1)C(=O)O. The maximum Gasteiger partial charge on any atom is 0.323 e. The number of carboxylic acid groups (broad SMARTS) is 1. The monoisotopic (exact) mass is 344 g/mol. The van der Waals surface area contributed by atoms with E-state index in [9.17, 15) is 9.90 Å². The Labute approximate surface area is 151 Å². The summed E-state index contributed by atoms with van der Waals surface area (Å²) in [4.78, 5) is 11.2. The third-order valence-electron chi connectivity index (χ3n) is 4.83. The summed E-state index contributed by atoms with van der Waals surface area (Å²) < 4.78 is 2.23. The van der Waals surface area contributed by atoms with E-state index in [-0.39, 0.29) is 6.42 Å². The van der Waals surface area contributed by atoms with Crippen molar-refractivity contribution in [3.63, 3.8) is 0 Å². The maximum absolute atomic E-state index is 11.2. The quantitative estimate of drug-likeness (QED) is 0.585. The van der Waals surface area contributed by atoms with E-state index in [4.69, 9.17) is 5.73 Å². The van der Waals surface area contributed by atoms with Crippen LogP contribution in [0.15, 0.2) is 72.8 Å². The van der Waals surface area contributed by atoms with Crippen LogP contribution in [0.5, 0.6) is 0 Å². The number of nitrogens with two attached hydrogens (primary N) is 1. The fraction of sp³-hybridized carbons (Fsp3) is 0.136. The second kappa shape index (κ2) is 6.00. The lowest BCUT2D eigenvalue weighted by Crippen LogP contribution is -2.46. The number of nitrogens with zero attached hydrogens (tertiary/aromatic N) is 1. The van der Waals surface area contributed by atoms with Crippen LogP contribution in [0.25, 0.3) is 27.5 Å². The Kier molecular flexibility index (Phi) is 3.78. The van der Waals surface area contributed by atoms with E-state index in [1.54, 1.807) is 0 Å². The summed E-state index contributed by atoms with van der Waals surface area (Å²) in [5.74, 6) is -0.996. The number of aromatic nitrogens is 1. The highest BCUT2D eigenvalue weighted by Crippen LogP contribution is 2.31. The third kappa shape index (κ3) is 2.65. The smallest absolute Gasteiger partial charge is 0.323 e. The Morgan fingerprint density at radius 3 is 1.92 bits per heavy atom. The number of rotatable bonds is 4. The van der Waals surface area contributed by atoms with Crippen LogP contribution in [0.1, 0.15) is 12.5 Å². The van der Waals surface area contributed by atoms with Gasteiger partial charge in [-0.1, -0.05) is 48.5 Å². The molecule has 1 heterocycles. The van der Waals surface area contributed by atoms with Gasteiger partial charge in [0.2, 0.25) is 0 Å². The van der Waals surface area contributed by atoms with E-state index in [0.29, 0.717) is 0 Å². The van der Waals surface area contributed by atoms with Gasteiger partial charge >= 0.3 is 5.97 Å². The fourth-order valence-corrected chi connectivity index (χ4v) is 3.46. The summed E-state index contributed by atoms with van der Waals surface area (Å²) >= 11 is 0. The van der Waals surface area contributed by atoms with Gasteiger partial charge in [0.25, 0.3) is 0 Å². The zero-order valence-corrected chi connectivity index (χ0v) is 14.5. The number of carbonyl (C=O) groups is 1. The Balaban J connectivity index is 1.82. The van der Waals surface area contributed by atoms with Crippen molar-refractivity contribution >= 4 is 27.8 Å². The first-order valence-electron chi connectivity index (χ1n) is 8.57. The van der Waals surface area contributed by atoms with Crippen LogP contribution in [0.2, 0.25) is 0 Å². The fourth-order valence-electron chi connectivity index (χ4n) is 3.46. The lowest BCUT2D eigenvalue weighted by molar-refractivity contribution is -0.142. The highest BCUT2D eigenvalue weighted by atomic mass is 16.4. The summed E-state index contributed by atoms with van der Waals surface area (Å²) in [5.41, 5.74) is 8.84. The lowest BCUT2D eigenvalue weighted by atomic mass is 9.94. The van der Waals surface area contributed by atoms with Gasteiger partial charge < -0.3 is 15.4 Å². The van der Waals surface area contributed by atoms with Gasteiger partial charge in [-0.05, 0) is 36.8 Å². The predicted octanol–water partition coefficient (Wildman–Crippen LogP) is 4.13. The molecule has 0 aliphatic carbocycles. The zero-order chi connectivity index (χ0) is 18.3. The number of hydrogen-bond acceptors (Lipinski definition) is 2. The van der Waals surface area contributed by atoms with Gasteiger partial charge in [-0.25, -0.2) is 0 Å². The average molecular weight is 344 g/mol. The summed E-state index contributed by atoms with van der Waals surface area (Å²) in [7, 11) is 0. The summed E-state index contributed by atoms with van der Waals surface area (Å²) in [6.07, 6.45) is 0.287. The summed E-state index contributed by atoms with van der Waals surface area (Å²) in [6, 6.07) is 24.6. The molecule has 0 unspecified atom stereocenters. The molecule has 0 spiro atoms. The van der Waals surface area contributed by atoms with Crippen LogP contribution in [0.3, 0.4) is 0 Å². The first-order valence-corrected chi connectivity index (χ1v) is 8.57. The molecule has 0 radical (unpaired) electrons. The average Bonchev–Trinajstić information content (AvgIpc) is 2.97. The second-order valence-electron chi connectivity index (χ2n) is 6.94. The predicted molar refractivity (Wildman–Crippen MR) is 105 cm³/mol. The minimum Gasteiger partial charge on any atom is -0.480 e. The third-order valence-corrected chi connectivity index (χ3v) is 4.83. The number of aliphatic carboxylic acids is 1. The molecule has 0 aliphatic rings. The molecule has 4 nitrogen and oxygen atoms in total. The molecule has 26 heavy (non-hydrogen) atoms. The number of benzene rings is 3. The molecule has 0 bridgehead atoms. The van der Waals surface area contributed by atoms with Crippen LogP contribution in [-0.4, -0.2) is 21.2 Å². The molecule has 4 aromatic rings. The summed E-state index contributed by atoms with van der Waals surface area (Å²) in [6.45, 7) is 1.54. The number of fused-ring (bicyclic) bond motifs is 3. The van der Waals surface area contributed by atoms with Crippen LogP contribution in [0, 0.1) is 0 Å². The van der Waals surface area contributed by atoms with Crippen molar-refractivity contribution < 1.29 is 9.90 Å². The van der Waals surface area contributed by atoms with Crippen LogP contribution in [-0.2, 0) is 11.2 Å². The lowest BCUT2D eigenvalue weighted by Gasteiger charge is -2.19. The zero-order valence-electron chi connectivity index (χ0n) is 14.5. The van der Waals surface area contributed by atoms with E-state index in [1.807, 2.05) is 36.4 Å². The molecule has 1 aromatic heterocycles. The molecule has 0 aliphatic heterocycles. The summed E-state index contributed by atoms with van der Waals surface area (Å²) in [5, 5.41) is 11.6. The first-order chi connectivity index (χ1) is 12.5. The number of para-hydroxylation sites is 2. The van der Waals surface area contributed by atoms with Crippen molar-refractivity contribution in [2.45, 2.75) is 18.9 Å². The molecule has 0 saturated carbocycles. The highest BCUT2D eigenvalue weighted by molar-refractivity contribution is 6.09. The minimum absolute atomic E-state index is 0.287. The molecule has 0 amide bonds. The van der Waals surface area contributed by atoms with E-state index in [2.05, 4.69) is 41.0 Å². The highest BCUT2D eigenvalue weighted by Gasteiger charge is 2.28. The van der Waals surface area contributed by atoms with Crippen molar-refractivity contribution in [1.29, 1.82) is 0 Å². The van der Waals surface area contributed by atoms with Crippen molar-refractivity contribution in [2.24, 2.45) is 5.73 Å². The van der Waals surface area contributed by atoms with E-state index in [1.165, 1.54) is 17.7 Å². The Bertz CT molecular complexity index is 1050. The van der Waals surface area contributed by atoms with Crippen molar-refractivity contribution in [3.8, 4) is 5.69 Å². The Hall–Kier alpha value is -3.11. The maximum atomic E-state index is 11.2. The van der Waals surface area contributed by atoms with Gasteiger partial charge in [0, 0.05) is 22.9 Å². The molecule has 3 aromatic carbocycles. The van der Waals surface area contributed by atoms with Gasteiger partial charge in [-0.2, -0.15) is 0 Å². The van der Waals surface area contributed by atoms with Crippen LogP contribution < -0.4 is 5.73 Å².